The van der Waals surface area contributed by atoms with Gasteiger partial charge in [0.15, 0.2) is 0 Å². The third-order valence-electron chi connectivity index (χ3n) is 5.95. The van der Waals surface area contributed by atoms with Crippen LogP contribution in [0.5, 0.6) is 0 Å². The standard InChI is InChI=1S/C25H30Cl2N4O2/c1-25(2,3)33-24(32)29(4)19-11-13-30(14-12-19)23-28-21-7-5-6-8-22(21)31(23)16-17-9-10-18(26)15-20(17)27/h5-10,15,19H,11-14,16H2,1-4H3. The Balaban J connectivity index is 1.54. The lowest BCUT2D eigenvalue weighted by Gasteiger charge is -2.37. The van der Waals surface area contributed by atoms with E-state index in [9.17, 15) is 4.79 Å². The summed E-state index contributed by atoms with van der Waals surface area (Å²) in [6.07, 6.45) is 1.42. The summed E-state index contributed by atoms with van der Waals surface area (Å²) in [5.74, 6) is 0.917. The molecule has 3 aromatic rings. The number of nitrogens with zero attached hydrogens (tertiary/aromatic N) is 4. The molecule has 0 saturated carbocycles. The third kappa shape index (κ3) is 5.39. The van der Waals surface area contributed by atoms with Crippen LogP contribution in [0, 0.1) is 0 Å². The molecule has 1 saturated heterocycles. The fourth-order valence-electron chi connectivity index (χ4n) is 4.22. The van der Waals surface area contributed by atoms with Gasteiger partial charge in [-0.2, -0.15) is 0 Å². The van der Waals surface area contributed by atoms with Crippen LogP contribution in [0.15, 0.2) is 42.5 Å². The van der Waals surface area contributed by atoms with E-state index in [2.05, 4.69) is 15.5 Å². The van der Waals surface area contributed by atoms with Gasteiger partial charge in [-0.3, -0.25) is 0 Å². The van der Waals surface area contributed by atoms with E-state index in [0.29, 0.717) is 16.6 Å². The Bertz CT molecular complexity index is 1150. The number of hydrogen-bond acceptors (Lipinski definition) is 4. The number of benzene rings is 2. The normalized spacial score (nSPS) is 15.2. The molecule has 0 radical (unpaired) electrons. The van der Waals surface area contributed by atoms with E-state index >= 15 is 0 Å². The number of ether oxygens (including phenoxy) is 1. The molecule has 176 valence electrons. The number of piperidine rings is 1. The van der Waals surface area contributed by atoms with Crippen molar-refractivity contribution < 1.29 is 9.53 Å². The van der Waals surface area contributed by atoms with Crippen molar-refractivity contribution in [3.05, 3.63) is 58.1 Å². The molecule has 8 heteroatoms. The summed E-state index contributed by atoms with van der Waals surface area (Å²) in [6, 6.07) is 13.9. The molecule has 6 nitrogen and oxygen atoms in total. The molecular weight excluding hydrogens is 459 g/mol. The Labute approximate surface area is 205 Å². The number of aromatic nitrogens is 2. The lowest BCUT2D eigenvalue weighted by Crippen LogP contribution is -2.47. The number of fused-ring (bicyclic) bond motifs is 1. The Morgan fingerprint density at radius 1 is 1.15 bits per heavy atom. The van der Waals surface area contributed by atoms with Gasteiger partial charge in [0.1, 0.15) is 5.60 Å². The lowest BCUT2D eigenvalue weighted by atomic mass is 10.0. The largest absolute Gasteiger partial charge is 0.444 e. The van der Waals surface area contributed by atoms with Crippen LogP contribution >= 0.6 is 23.2 Å². The number of amides is 1. The number of hydrogen-bond donors (Lipinski definition) is 0. The average Bonchev–Trinajstić information content (AvgIpc) is 3.12. The molecule has 0 spiro atoms. The molecule has 0 bridgehead atoms. The van der Waals surface area contributed by atoms with Gasteiger partial charge in [-0.1, -0.05) is 41.4 Å². The maximum Gasteiger partial charge on any atom is 0.410 e. The highest BCUT2D eigenvalue weighted by atomic mass is 35.5. The zero-order valence-corrected chi connectivity index (χ0v) is 21.0. The van der Waals surface area contributed by atoms with Gasteiger partial charge in [-0.05, 0) is 63.4 Å². The first-order valence-electron chi connectivity index (χ1n) is 11.2. The van der Waals surface area contributed by atoms with Crippen molar-refractivity contribution in [1.82, 2.24) is 14.5 Å². The maximum absolute atomic E-state index is 12.5. The Hall–Kier alpha value is -2.44. The zero-order valence-electron chi connectivity index (χ0n) is 19.5. The third-order valence-corrected chi connectivity index (χ3v) is 6.54. The number of para-hydroxylation sites is 2. The van der Waals surface area contributed by atoms with E-state index in [-0.39, 0.29) is 12.1 Å². The van der Waals surface area contributed by atoms with Crippen LogP contribution in [-0.4, -0.2) is 52.3 Å². The minimum absolute atomic E-state index is 0.139. The summed E-state index contributed by atoms with van der Waals surface area (Å²) in [6.45, 7) is 7.87. The summed E-state index contributed by atoms with van der Waals surface area (Å²) in [5.41, 5.74) is 2.50. The minimum atomic E-state index is -0.500. The number of anilines is 1. The van der Waals surface area contributed by atoms with E-state index in [0.717, 1.165) is 48.5 Å². The van der Waals surface area contributed by atoms with Crippen molar-refractivity contribution in [3.8, 4) is 0 Å². The second kappa shape index (κ2) is 9.43. The van der Waals surface area contributed by atoms with Gasteiger partial charge in [0.25, 0.3) is 0 Å². The molecule has 1 amide bonds. The predicted molar refractivity (Wildman–Crippen MR) is 135 cm³/mol. The Morgan fingerprint density at radius 2 is 1.85 bits per heavy atom. The van der Waals surface area contributed by atoms with E-state index in [1.807, 2.05) is 58.2 Å². The van der Waals surface area contributed by atoms with Gasteiger partial charge in [0.05, 0.1) is 17.6 Å². The van der Waals surface area contributed by atoms with Crippen molar-refractivity contribution in [2.24, 2.45) is 0 Å². The number of carbonyl (C=O) groups is 1. The SMILES string of the molecule is CN(C(=O)OC(C)(C)C)C1CCN(c2nc3ccccc3n2Cc2ccc(Cl)cc2Cl)CC1. The highest BCUT2D eigenvalue weighted by Crippen LogP contribution is 2.30. The molecule has 4 rings (SSSR count). The van der Waals surface area contributed by atoms with Gasteiger partial charge in [-0.25, -0.2) is 9.78 Å². The second-order valence-electron chi connectivity index (χ2n) is 9.53. The first kappa shape index (κ1) is 23.7. The monoisotopic (exact) mass is 488 g/mol. The van der Waals surface area contributed by atoms with E-state index in [1.165, 1.54) is 0 Å². The molecule has 0 N–H and O–H groups in total. The number of imidazole rings is 1. The smallest absolute Gasteiger partial charge is 0.410 e. The molecule has 1 aliphatic heterocycles. The Morgan fingerprint density at radius 3 is 2.52 bits per heavy atom. The first-order valence-corrected chi connectivity index (χ1v) is 12.0. The van der Waals surface area contributed by atoms with Crippen molar-refractivity contribution in [2.75, 3.05) is 25.0 Å². The molecular formula is C25H30Cl2N4O2. The first-order chi connectivity index (χ1) is 15.6. The summed E-state index contributed by atoms with van der Waals surface area (Å²) in [4.78, 5) is 21.5. The highest BCUT2D eigenvalue weighted by Gasteiger charge is 2.30. The fraction of sp³-hybridized carbons (Fsp3) is 0.440. The molecule has 33 heavy (non-hydrogen) atoms. The Kier molecular flexibility index (Phi) is 6.78. The van der Waals surface area contributed by atoms with E-state index in [1.54, 1.807) is 11.0 Å². The summed E-state index contributed by atoms with van der Waals surface area (Å²) in [5, 5.41) is 1.26. The molecule has 0 atom stereocenters. The molecule has 0 aliphatic carbocycles. The minimum Gasteiger partial charge on any atom is -0.444 e. The van der Waals surface area contributed by atoms with Crippen LogP contribution in [-0.2, 0) is 11.3 Å². The topological polar surface area (TPSA) is 50.6 Å². The number of rotatable bonds is 4. The number of halogens is 2. The van der Waals surface area contributed by atoms with Gasteiger partial charge < -0.3 is 19.1 Å². The highest BCUT2D eigenvalue weighted by molar-refractivity contribution is 6.35. The van der Waals surface area contributed by atoms with Crippen molar-refractivity contribution in [3.63, 3.8) is 0 Å². The van der Waals surface area contributed by atoms with Crippen LogP contribution in [0.25, 0.3) is 11.0 Å². The fourth-order valence-corrected chi connectivity index (χ4v) is 4.68. The molecule has 1 fully saturated rings. The van der Waals surface area contributed by atoms with Crippen LogP contribution in [0.4, 0.5) is 10.7 Å². The quantitative estimate of drug-likeness (QED) is 0.436. The summed E-state index contributed by atoms with van der Waals surface area (Å²) < 4.78 is 7.75. The maximum atomic E-state index is 12.5. The van der Waals surface area contributed by atoms with Gasteiger partial charge in [0, 0.05) is 36.2 Å². The molecule has 2 aromatic carbocycles. The molecule has 2 heterocycles. The van der Waals surface area contributed by atoms with Gasteiger partial charge >= 0.3 is 6.09 Å². The van der Waals surface area contributed by atoms with Crippen LogP contribution in [0.3, 0.4) is 0 Å². The van der Waals surface area contributed by atoms with Crippen LogP contribution < -0.4 is 4.90 Å². The van der Waals surface area contributed by atoms with Crippen LogP contribution in [0.2, 0.25) is 10.0 Å². The molecule has 1 aromatic heterocycles. The second-order valence-corrected chi connectivity index (χ2v) is 10.4. The van der Waals surface area contributed by atoms with E-state index < -0.39 is 5.60 Å². The summed E-state index contributed by atoms with van der Waals surface area (Å²) >= 11 is 12.6. The van der Waals surface area contributed by atoms with E-state index in [4.69, 9.17) is 32.9 Å². The van der Waals surface area contributed by atoms with Crippen molar-refractivity contribution in [2.45, 2.75) is 51.8 Å². The van der Waals surface area contributed by atoms with Crippen molar-refractivity contribution in [1.29, 1.82) is 0 Å². The van der Waals surface area contributed by atoms with Crippen molar-refractivity contribution >= 4 is 46.3 Å². The van der Waals surface area contributed by atoms with Gasteiger partial charge in [0.2, 0.25) is 5.95 Å². The lowest BCUT2D eigenvalue weighted by molar-refractivity contribution is 0.0200. The number of carbonyl (C=O) groups excluding carboxylic acids is 1. The van der Waals surface area contributed by atoms with Crippen LogP contribution in [0.1, 0.15) is 39.2 Å². The summed E-state index contributed by atoms with van der Waals surface area (Å²) in [7, 11) is 1.83. The molecule has 0 unspecified atom stereocenters. The van der Waals surface area contributed by atoms with Gasteiger partial charge in [-0.15, -0.1) is 0 Å². The predicted octanol–water partition coefficient (Wildman–Crippen LogP) is 6.23. The zero-order chi connectivity index (χ0) is 23.8. The molecule has 1 aliphatic rings. The average molecular weight is 489 g/mol.